The maximum atomic E-state index is 12.7. The van der Waals surface area contributed by atoms with E-state index in [1.165, 1.54) is 0 Å². The highest BCUT2D eigenvalue weighted by Gasteiger charge is 2.36. The third-order valence-electron chi connectivity index (χ3n) is 4.44. The molecule has 2 atom stereocenters. The average molecular weight is 388 g/mol. The quantitative estimate of drug-likeness (QED) is 0.754. The Morgan fingerprint density at radius 1 is 1.28 bits per heavy atom. The van der Waals surface area contributed by atoms with Crippen LogP contribution in [0.2, 0.25) is 5.02 Å². The number of carbonyl (C=O) groups excluding carboxylic acids is 2. The fourth-order valence-electron chi connectivity index (χ4n) is 2.73. The first kappa shape index (κ1) is 21.7. The number of nitrogens with one attached hydrogen (secondary N) is 1. The van der Waals surface area contributed by atoms with E-state index >= 15 is 0 Å². The molecule has 2 amide bonds. The van der Waals surface area contributed by atoms with Crippen molar-refractivity contribution in [1.29, 1.82) is 0 Å². The lowest BCUT2D eigenvalue weighted by Crippen LogP contribution is -2.48. The predicted molar refractivity (Wildman–Crippen MR) is 103 cm³/mol. The van der Waals surface area contributed by atoms with Crippen LogP contribution in [0.15, 0.2) is 24.3 Å². The van der Waals surface area contributed by atoms with E-state index in [4.69, 9.17) is 17.3 Å². The molecule has 3 N–H and O–H groups in total. The number of nitrogens with two attached hydrogens (primary N) is 1. The maximum absolute atomic E-state index is 12.7. The van der Waals surface area contributed by atoms with Gasteiger partial charge in [0.25, 0.3) is 0 Å². The van der Waals surface area contributed by atoms with Crippen molar-refractivity contribution < 1.29 is 9.59 Å². The molecule has 1 aliphatic rings. The summed E-state index contributed by atoms with van der Waals surface area (Å²) in [6.07, 6.45) is 1.97. The molecule has 140 valence electrons. The summed E-state index contributed by atoms with van der Waals surface area (Å²) in [7, 11) is 0. The number of rotatable bonds is 7. The summed E-state index contributed by atoms with van der Waals surface area (Å²) < 4.78 is 0. The van der Waals surface area contributed by atoms with E-state index in [9.17, 15) is 9.59 Å². The van der Waals surface area contributed by atoms with Crippen molar-refractivity contribution in [3.05, 3.63) is 34.9 Å². The molecule has 0 saturated heterocycles. The van der Waals surface area contributed by atoms with E-state index < -0.39 is 6.04 Å². The summed E-state index contributed by atoms with van der Waals surface area (Å²) in [5.74, 6) is -0.365. The highest BCUT2D eigenvalue weighted by atomic mass is 35.5. The zero-order valence-electron chi connectivity index (χ0n) is 14.9. The van der Waals surface area contributed by atoms with Crippen molar-refractivity contribution in [2.24, 2.45) is 11.7 Å². The lowest BCUT2D eigenvalue weighted by Gasteiger charge is -2.30. The van der Waals surface area contributed by atoms with Crippen LogP contribution in [-0.2, 0) is 9.59 Å². The molecule has 0 bridgehead atoms. The van der Waals surface area contributed by atoms with E-state index in [-0.39, 0.29) is 48.8 Å². The molecule has 5 nitrogen and oxygen atoms in total. The van der Waals surface area contributed by atoms with Gasteiger partial charge < -0.3 is 16.0 Å². The third-order valence-corrected chi connectivity index (χ3v) is 4.78. The van der Waals surface area contributed by atoms with E-state index in [2.05, 4.69) is 5.32 Å². The molecule has 7 heteroatoms. The number of hydrogen-bond acceptors (Lipinski definition) is 3. The first-order chi connectivity index (χ1) is 11.3. The molecule has 1 aromatic rings. The third kappa shape index (κ3) is 5.59. The van der Waals surface area contributed by atoms with Crippen LogP contribution in [0, 0.1) is 5.92 Å². The average Bonchev–Trinajstić information content (AvgIpc) is 3.37. The van der Waals surface area contributed by atoms with Gasteiger partial charge in [0.2, 0.25) is 11.8 Å². The van der Waals surface area contributed by atoms with E-state index in [1.807, 2.05) is 49.9 Å². The summed E-state index contributed by atoms with van der Waals surface area (Å²) in [5.41, 5.74) is 6.73. The molecular weight excluding hydrogens is 361 g/mol. The van der Waals surface area contributed by atoms with Gasteiger partial charge >= 0.3 is 0 Å². The maximum Gasteiger partial charge on any atom is 0.242 e. The van der Waals surface area contributed by atoms with Gasteiger partial charge in [0.05, 0.1) is 18.6 Å². The van der Waals surface area contributed by atoms with Crippen molar-refractivity contribution in [3.63, 3.8) is 0 Å². The minimum absolute atomic E-state index is 0. The molecule has 1 aliphatic carbocycles. The summed E-state index contributed by atoms with van der Waals surface area (Å²) in [6.45, 7) is 5.69. The van der Waals surface area contributed by atoms with Crippen molar-refractivity contribution in [1.82, 2.24) is 10.2 Å². The van der Waals surface area contributed by atoms with Gasteiger partial charge in [-0.2, -0.15) is 0 Å². The molecule has 25 heavy (non-hydrogen) atoms. The lowest BCUT2D eigenvalue weighted by molar-refractivity contribution is -0.135. The van der Waals surface area contributed by atoms with Gasteiger partial charge in [0.1, 0.15) is 0 Å². The topological polar surface area (TPSA) is 75.4 Å². The molecule has 0 radical (unpaired) electrons. The van der Waals surface area contributed by atoms with E-state index in [0.29, 0.717) is 5.02 Å². The zero-order valence-corrected chi connectivity index (χ0v) is 16.4. The predicted octanol–water partition coefficient (Wildman–Crippen LogP) is 2.91. The molecule has 1 fully saturated rings. The second kappa shape index (κ2) is 9.41. The lowest BCUT2D eigenvalue weighted by atomic mass is 10.0. The fourth-order valence-corrected chi connectivity index (χ4v) is 3.02. The van der Waals surface area contributed by atoms with Crippen LogP contribution >= 0.6 is 24.0 Å². The van der Waals surface area contributed by atoms with Crippen LogP contribution in [0.1, 0.15) is 45.2 Å². The number of carbonyl (C=O) groups is 2. The van der Waals surface area contributed by atoms with Gasteiger partial charge in [-0.3, -0.25) is 9.59 Å². The number of benzene rings is 1. The number of nitrogens with zero attached hydrogens (tertiary/aromatic N) is 1. The van der Waals surface area contributed by atoms with E-state index in [0.717, 1.165) is 18.4 Å². The zero-order chi connectivity index (χ0) is 17.9. The van der Waals surface area contributed by atoms with Crippen LogP contribution in [-0.4, -0.2) is 35.3 Å². The summed E-state index contributed by atoms with van der Waals surface area (Å²) in [5, 5.41) is 3.31. The molecule has 1 unspecified atom stereocenters. The highest BCUT2D eigenvalue weighted by molar-refractivity contribution is 6.31. The van der Waals surface area contributed by atoms with Crippen molar-refractivity contribution >= 4 is 35.8 Å². The van der Waals surface area contributed by atoms with Gasteiger partial charge in [0, 0.05) is 11.1 Å². The Morgan fingerprint density at radius 3 is 2.40 bits per heavy atom. The Hall–Kier alpha value is -1.30. The normalized spacial score (nSPS) is 15.9. The molecule has 2 rings (SSSR count). The Bertz CT molecular complexity index is 606. The van der Waals surface area contributed by atoms with Gasteiger partial charge in [0.15, 0.2) is 0 Å². The van der Waals surface area contributed by atoms with Gasteiger partial charge in [-0.1, -0.05) is 43.6 Å². The molecular formula is C18H27Cl2N3O2. The number of hydrogen-bond donors (Lipinski definition) is 2. The first-order valence-corrected chi connectivity index (χ1v) is 8.79. The van der Waals surface area contributed by atoms with E-state index in [1.54, 1.807) is 0 Å². The summed E-state index contributed by atoms with van der Waals surface area (Å²) in [6, 6.07) is 7.03. The van der Waals surface area contributed by atoms with Gasteiger partial charge in [-0.25, -0.2) is 0 Å². The smallest absolute Gasteiger partial charge is 0.242 e. The van der Waals surface area contributed by atoms with Crippen LogP contribution in [0.5, 0.6) is 0 Å². The SMILES string of the molecule is CC(C)[C@H](N)C(=O)NCC(=O)N(C1CC1)C(C)c1ccccc1Cl.Cl. The molecule has 1 saturated carbocycles. The summed E-state index contributed by atoms with van der Waals surface area (Å²) in [4.78, 5) is 26.5. The highest BCUT2D eigenvalue weighted by Crippen LogP contribution is 2.36. The second-order valence-electron chi connectivity index (χ2n) is 6.72. The van der Waals surface area contributed by atoms with Crippen LogP contribution in [0.4, 0.5) is 0 Å². The van der Waals surface area contributed by atoms with Gasteiger partial charge in [-0.05, 0) is 37.3 Å². The van der Waals surface area contributed by atoms with Gasteiger partial charge in [-0.15, -0.1) is 12.4 Å². The summed E-state index contributed by atoms with van der Waals surface area (Å²) >= 11 is 6.27. The number of amides is 2. The Morgan fingerprint density at radius 2 is 1.88 bits per heavy atom. The Labute approximate surface area is 160 Å². The molecule has 0 aliphatic heterocycles. The molecule has 0 spiro atoms. The monoisotopic (exact) mass is 387 g/mol. The Kier molecular flexibility index (Phi) is 8.19. The number of halogens is 2. The van der Waals surface area contributed by atoms with Crippen molar-refractivity contribution in [3.8, 4) is 0 Å². The minimum atomic E-state index is -0.604. The van der Waals surface area contributed by atoms with Crippen LogP contribution in [0.3, 0.4) is 0 Å². The molecule has 0 heterocycles. The van der Waals surface area contributed by atoms with Crippen molar-refractivity contribution in [2.75, 3.05) is 6.54 Å². The van der Waals surface area contributed by atoms with Crippen LogP contribution < -0.4 is 11.1 Å². The fraction of sp³-hybridized carbons (Fsp3) is 0.556. The van der Waals surface area contributed by atoms with Crippen LogP contribution in [0.25, 0.3) is 0 Å². The largest absolute Gasteiger partial charge is 0.346 e. The first-order valence-electron chi connectivity index (χ1n) is 8.41. The van der Waals surface area contributed by atoms with Crippen molar-refractivity contribution in [2.45, 2.75) is 51.7 Å². The molecule has 0 aromatic heterocycles. The Balaban J connectivity index is 0.00000312. The standard InChI is InChI=1S/C18H26ClN3O2.ClH/c1-11(2)17(20)18(24)21-10-16(23)22(13-8-9-13)12(3)14-6-4-5-7-15(14)19;/h4-7,11-13,17H,8-10,20H2,1-3H3,(H,21,24);1H/t12?,17-;/m0./s1. The second-order valence-corrected chi connectivity index (χ2v) is 7.12. The molecule has 1 aromatic carbocycles. The minimum Gasteiger partial charge on any atom is -0.346 e.